The monoisotopic (exact) mass is 508 g/mol. The van der Waals surface area contributed by atoms with Gasteiger partial charge in [0.1, 0.15) is 0 Å². The van der Waals surface area contributed by atoms with Crippen LogP contribution in [0.25, 0.3) is 6.08 Å². The van der Waals surface area contributed by atoms with Crippen molar-refractivity contribution in [3.05, 3.63) is 89.1 Å². The molecule has 3 heteroatoms. The zero-order chi connectivity index (χ0) is 13.4. The third-order valence-electron chi connectivity index (χ3n) is 4.50. The molecule has 4 rings (SSSR count). The van der Waals surface area contributed by atoms with E-state index in [-0.39, 0.29) is 50.7 Å². The van der Waals surface area contributed by atoms with Crippen LogP contribution in [0.5, 0.6) is 0 Å². The summed E-state index contributed by atoms with van der Waals surface area (Å²) >= 11 is 0. The number of rotatable bonds is 3. The molecular weight excluding hydrogens is 490 g/mol. The Kier molecular flexibility index (Phi) is 8.00. The number of fused-ring (bicyclic) bond motifs is 2. The molecule has 2 unspecified atom stereocenters. The van der Waals surface area contributed by atoms with E-state index in [2.05, 4.69) is 72.9 Å². The van der Waals surface area contributed by atoms with Gasteiger partial charge in [-0.15, -0.1) is 0 Å². The fourth-order valence-corrected chi connectivity index (χ4v) is 3.41. The molecule has 1 aromatic rings. The van der Waals surface area contributed by atoms with E-state index in [1.54, 1.807) is 0 Å². The number of allylic oxidation sites excluding steroid dienone is 9. The van der Waals surface area contributed by atoms with Crippen LogP contribution in [-0.2, 0) is 25.8 Å². The first kappa shape index (κ1) is 20.4. The smallest absolute Gasteiger partial charge is 0.0207 e. The van der Waals surface area contributed by atoms with E-state index >= 15 is 0 Å². The average molecular weight is 508 g/mol. The largest absolute Gasteiger partial charge is 1.00 e. The van der Waals surface area contributed by atoms with Gasteiger partial charge in [0, 0.05) is 37.7 Å². The van der Waals surface area contributed by atoms with E-state index < -0.39 is 0 Å². The van der Waals surface area contributed by atoms with Crippen molar-refractivity contribution in [3.8, 4) is 0 Å². The molecule has 0 aromatic heterocycles. The summed E-state index contributed by atoms with van der Waals surface area (Å²) in [6.45, 7) is 0. The van der Waals surface area contributed by atoms with Gasteiger partial charge in [0.15, 0.2) is 0 Å². The quantitative estimate of drug-likeness (QED) is 0.470. The SMILES string of the molecule is C1=CC2=CC(CCC3C=Cc4ccccc43)=CC2C=C1.[Cl-].[Cl-].[Hf]. The molecule has 0 nitrogen and oxygen atoms in total. The molecule has 0 N–H and O–H groups in total. The van der Waals surface area contributed by atoms with Crippen LogP contribution in [0, 0.1) is 5.92 Å². The molecular formula is C20H18Cl2Hf-2. The summed E-state index contributed by atoms with van der Waals surface area (Å²) in [5.41, 5.74) is 5.84. The van der Waals surface area contributed by atoms with Gasteiger partial charge in [0.05, 0.1) is 0 Å². The first-order valence-electron chi connectivity index (χ1n) is 7.44. The molecule has 0 radical (unpaired) electrons. The van der Waals surface area contributed by atoms with Gasteiger partial charge in [0.2, 0.25) is 0 Å². The second-order valence-corrected chi connectivity index (χ2v) is 5.79. The Balaban J connectivity index is 0.000000882. The molecule has 1 aromatic carbocycles. The van der Waals surface area contributed by atoms with Gasteiger partial charge in [-0.2, -0.15) is 0 Å². The molecule has 118 valence electrons. The molecule has 0 saturated heterocycles. The van der Waals surface area contributed by atoms with Crippen molar-refractivity contribution in [2.75, 3.05) is 0 Å². The Labute approximate surface area is 169 Å². The van der Waals surface area contributed by atoms with Crippen molar-refractivity contribution in [1.82, 2.24) is 0 Å². The zero-order valence-corrected chi connectivity index (χ0v) is 17.9. The van der Waals surface area contributed by atoms with Crippen molar-refractivity contribution in [1.29, 1.82) is 0 Å². The minimum atomic E-state index is 0. The third-order valence-corrected chi connectivity index (χ3v) is 4.50. The van der Waals surface area contributed by atoms with Gasteiger partial charge in [-0.25, -0.2) is 0 Å². The van der Waals surface area contributed by atoms with E-state index in [1.165, 1.54) is 35.1 Å². The third kappa shape index (κ3) is 4.26. The predicted molar refractivity (Wildman–Crippen MR) is 85.4 cm³/mol. The summed E-state index contributed by atoms with van der Waals surface area (Å²) in [7, 11) is 0. The van der Waals surface area contributed by atoms with E-state index in [9.17, 15) is 0 Å². The molecule has 0 aliphatic heterocycles. The topological polar surface area (TPSA) is 0 Å². The van der Waals surface area contributed by atoms with Crippen LogP contribution in [-0.4, -0.2) is 0 Å². The summed E-state index contributed by atoms with van der Waals surface area (Å²) in [5.74, 6) is 1.13. The van der Waals surface area contributed by atoms with Gasteiger partial charge in [-0.05, 0) is 29.5 Å². The van der Waals surface area contributed by atoms with Crippen LogP contribution in [0.15, 0.2) is 77.9 Å². The summed E-state index contributed by atoms with van der Waals surface area (Å²) < 4.78 is 0. The number of hydrogen-bond donors (Lipinski definition) is 0. The molecule has 3 aliphatic rings. The summed E-state index contributed by atoms with van der Waals surface area (Å²) in [6.07, 6.45) is 20.6. The van der Waals surface area contributed by atoms with E-state index in [0.29, 0.717) is 11.8 Å². The maximum absolute atomic E-state index is 2.42. The van der Waals surface area contributed by atoms with E-state index in [4.69, 9.17) is 0 Å². The molecule has 0 spiro atoms. The average Bonchev–Trinajstić information content (AvgIpc) is 3.08. The van der Waals surface area contributed by atoms with E-state index in [1.807, 2.05) is 0 Å². The van der Waals surface area contributed by atoms with Crippen LogP contribution in [0.1, 0.15) is 29.9 Å². The zero-order valence-electron chi connectivity index (χ0n) is 12.8. The van der Waals surface area contributed by atoms with Crippen molar-refractivity contribution < 1.29 is 50.7 Å². The Morgan fingerprint density at radius 3 is 2.57 bits per heavy atom. The van der Waals surface area contributed by atoms with Gasteiger partial charge in [-0.3, -0.25) is 0 Å². The van der Waals surface area contributed by atoms with Gasteiger partial charge >= 0.3 is 0 Å². The first-order valence-corrected chi connectivity index (χ1v) is 7.44. The second kappa shape index (κ2) is 9.01. The number of halogens is 2. The van der Waals surface area contributed by atoms with Crippen LogP contribution in [0.4, 0.5) is 0 Å². The molecule has 0 bridgehead atoms. The number of benzene rings is 1. The maximum Gasteiger partial charge on any atom is 0.0207 e. The number of hydrogen-bond acceptors (Lipinski definition) is 0. The fourth-order valence-electron chi connectivity index (χ4n) is 3.41. The van der Waals surface area contributed by atoms with Crippen molar-refractivity contribution in [2.24, 2.45) is 5.92 Å². The van der Waals surface area contributed by atoms with Crippen LogP contribution < -0.4 is 24.8 Å². The minimum Gasteiger partial charge on any atom is -1.00 e. The summed E-state index contributed by atoms with van der Waals surface area (Å²) in [5, 5.41) is 0. The van der Waals surface area contributed by atoms with Crippen LogP contribution in [0.3, 0.4) is 0 Å². The first-order chi connectivity index (χ1) is 9.90. The predicted octanol–water partition coefficient (Wildman–Crippen LogP) is -0.809. The molecule has 0 amide bonds. The summed E-state index contributed by atoms with van der Waals surface area (Å²) in [4.78, 5) is 0. The Morgan fingerprint density at radius 1 is 0.913 bits per heavy atom. The molecule has 0 heterocycles. The second-order valence-electron chi connectivity index (χ2n) is 5.79. The van der Waals surface area contributed by atoms with Crippen molar-refractivity contribution in [3.63, 3.8) is 0 Å². The molecule has 0 saturated carbocycles. The van der Waals surface area contributed by atoms with Crippen LogP contribution >= 0.6 is 0 Å². The van der Waals surface area contributed by atoms with Crippen molar-refractivity contribution >= 4 is 6.08 Å². The molecule has 0 fully saturated rings. The van der Waals surface area contributed by atoms with Gasteiger partial charge < -0.3 is 24.8 Å². The van der Waals surface area contributed by atoms with E-state index in [0.717, 1.165) is 0 Å². The Bertz CT molecular complexity index is 695. The Hall–Kier alpha value is -0.630. The van der Waals surface area contributed by atoms with Crippen molar-refractivity contribution in [2.45, 2.75) is 18.8 Å². The Morgan fingerprint density at radius 2 is 1.74 bits per heavy atom. The fraction of sp³-hybridized carbons (Fsp3) is 0.200. The minimum absolute atomic E-state index is 0. The normalized spacial score (nSPS) is 22.1. The van der Waals surface area contributed by atoms with Gasteiger partial charge in [0.25, 0.3) is 0 Å². The molecule has 2 atom stereocenters. The van der Waals surface area contributed by atoms with Gasteiger partial charge in [-0.1, -0.05) is 78.4 Å². The molecule has 3 aliphatic carbocycles. The maximum atomic E-state index is 2.42. The van der Waals surface area contributed by atoms with Crippen LogP contribution in [0.2, 0.25) is 0 Å². The summed E-state index contributed by atoms with van der Waals surface area (Å²) in [6, 6.07) is 8.76. The standard InChI is InChI=1S/C20H18.2ClH.Hf/c1-2-7-19-14-15(13-18(19)6-1)9-10-17-12-11-16-5-3-4-8-20(16)17;;;/h1-8,11-14,17-18H,9-10H2;2*1H;/p-2. The molecule has 23 heavy (non-hydrogen) atoms.